The molecule has 0 aliphatic heterocycles. The third-order valence-corrected chi connectivity index (χ3v) is 1.45. The molecule has 0 bridgehead atoms. The summed E-state index contributed by atoms with van der Waals surface area (Å²) in [5.41, 5.74) is 0.807. The van der Waals surface area contributed by atoms with Gasteiger partial charge in [0.25, 0.3) is 0 Å². The summed E-state index contributed by atoms with van der Waals surface area (Å²) in [6.07, 6.45) is -0.576. The molecule has 4 heteroatoms. The van der Waals surface area contributed by atoms with Crippen molar-refractivity contribution >= 4 is 6.09 Å². The molecule has 4 nitrogen and oxygen atoms in total. The lowest BCUT2D eigenvalue weighted by Gasteiger charge is -2.03. The van der Waals surface area contributed by atoms with Crippen molar-refractivity contribution in [1.29, 1.82) is 0 Å². The van der Waals surface area contributed by atoms with Crippen molar-refractivity contribution in [1.82, 2.24) is 5.32 Å². The van der Waals surface area contributed by atoms with Gasteiger partial charge in [0.05, 0.1) is 0 Å². The van der Waals surface area contributed by atoms with Crippen LogP contribution in [0.1, 0.15) is 5.56 Å². The van der Waals surface area contributed by atoms with E-state index in [2.05, 4.69) is 12.4 Å². The molecule has 0 fully saturated rings. The van der Waals surface area contributed by atoms with Gasteiger partial charge in [-0.2, -0.15) is 0 Å². The molecule has 0 aliphatic rings. The molecule has 2 N–H and O–H groups in total. The van der Waals surface area contributed by atoms with Crippen LogP contribution in [-0.2, 0) is 11.3 Å². The minimum atomic E-state index is -0.576. The summed E-state index contributed by atoms with van der Waals surface area (Å²) in [5, 5.41) is 11.0. The van der Waals surface area contributed by atoms with Crippen LogP contribution in [0.15, 0.2) is 24.3 Å². The largest absolute Gasteiger partial charge is 0.508 e. The lowest BCUT2D eigenvalue weighted by Crippen LogP contribution is -2.16. The number of benzene rings is 1. The third-order valence-electron chi connectivity index (χ3n) is 1.45. The molecular formula is C9H10NO3. The summed E-state index contributed by atoms with van der Waals surface area (Å²) in [5.74, 6) is 0.186. The highest BCUT2D eigenvalue weighted by Gasteiger charge is 1.98. The summed E-state index contributed by atoms with van der Waals surface area (Å²) >= 11 is 0. The summed E-state index contributed by atoms with van der Waals surface area (Å²) in [7, 11) is 3.15. The topological polar surface area (TPSA) is 58.6 Å². The van der Waals surface area contributed by atoms with Gasteiger partial charge in [-0.3, -0.25) is 0 Å². The fraction of sp³-hybridized carbons (Fsp3) is 0.111. The van der Waals surface area contributed by atoms with Crippen LogP contribution < -0.4 is 5.32 Å². The maximum atomic E-state index is 10.6. The lowest BCUT2D eigenvalue weighted by atomic mass is 10.2. The SMILES string of the molecule is [CH2]NC(=O)OCc1ccc(O)cc1. The summed E-state index contributed by atoms with van der Waals surface area (Å²) in [6.45, 7) is 0.168. The smallest absolute Gasteiger partial charge is 0.407 e. The molecule has 1 amide bonds. The number of carbonyl (C=O) groups excluding carboxylic acids is 1. The van der Waals surface area contributed by atoms with Crippen LogP contribution >= 0.6 is 0 Å². The van der Waals surface area contributed by atoms with Crippen molar-refractivity contribution in [2.75, 3.05) is 0 Å². The maximum Gasteiger partial charge on any atom is 0.407 e. The molecule has 1 aromatic rings. The molecule has 0 aliphatic carbocycles. The third kappa shape index (κ3) is 3.02. The number of aromatic hydroxyl groups is 1. The van der Waals surface area contributed by atoms with E-state index in [0.717, 1.165) is 5.56 Å². The number of hydrogen-bond donors (Lipinski definition) is 2. The van der Waals surface area contributed by atoms with Gasteiger partial charge in [-0.05, 0) is 17.7 Å². The molecule has 0 heterocycles. The van der Waals surface area contributed by atoms with E-state index in [9.17, 15) is 4.79 Å². The van der Waals surface area contributed by atoms with Crippen molar-refractivity contribution in [2.45, 2.75) is 6.61 Å². The Morgan fingerprint density at radius 2 is 2.08 bits per heavy atom. The molecule has 0 spiro atoms. The van der Waals surface area contributed by atoms with E-state index < -0.39 is 6.09 Å². The van der Waals surface area contributed by atoms with Gasteiger partial charge in [-0.1, -0.05) is 12.1 Å². The number of nitrogens with one attached hydrogen (secondary N) is 1. The highest BCUT2D eigenvalue weighted by molar-refractivity contribution is 5.67. The molecule has 0 saturated heterocycles. The predicted molar refractivity (Wildman–Crippen MR) is 46.8 cm³/mol. The molecule has 0 aromatic heterocycles. The Kier molecular flexibility index (Phi) is 3.14. The first-order chi connectivity index (χ1) is 6.22. The van der Waals surface area contributed by atoms with Crippen LogP contribution in [0.2, 0.25) is 0 Å². The fourth-order valence-electron chi connectivity index (χ4n) is 0.792. The Morgan fingerprint density at radius 1 is 1.46 bits per heavy atom. The molecule has 69 valence electrons. The van der Waals surface area contributed by atoms with Gasteiger partial charge in [0.1, 0.15) is 12.4 Å². The first-order valence-electron chi connectivity index (χ1n) is 3.70. The minimum Gasteiger partial charge on any atom is -0.508 e. The first kappa shape index (κ1) is 9.38. The molecule has 1 aromatic carbocycles. The summed E-state index contributed by atoms with van der Waals surface area (Å²) in [6, 6.07) is 6.40. The average molecular weight is 180 g/mol. The van der Waals surface area contributed by atoms with E-state index in [1.807, 2.05) is 0 Å². The summed E-state index contributed by atoms with van der Waals surface area (Å²) in [4.78, 5) is 10.6. The summed E-state index contributed by atoms with van der Waals surface area (Å²) < 4.78 is 4.72. The molecule has 13 heavy (non-hydrogen) atoms. The van der Waals surface area contributed by atoms with Crippen molar-refractivity contribution in [3.05, 3.63) is 36.9 Å². The number of phenolic OH excluding ortho intramolecular Hbond substituents is 1. The average Bonchev–Trinajstić information content (AvgIpc) is 2.16. The highest BCUT2D eigenvalue weighted by Crippen LogP contribution is 2.10. The van der Waals surface area contributed by atoms with E-state index in [1.165, 1.54) is 12.1 Å². The quantitative estimate of drug-likeness (QED) is 0.723. The van der Waals surface area contributed by atoms with Crippen LogP contribution in [0.25, 0.3) is 0 Å². The maximum absolute atomic E-state index is 10.6. The second-order valence-electron chi connectivity index (χ2n) is 2.42. The number of rotatable bonds is 2. The molecule has 0 atom stereocenters. The van der Waals surface area contributed by atoms with Gasteiger partial charge in [0.2, 0.25) is 0 Å². The fourth-order valence-corrected chi connectivity index (χ4v) is 0.792. The number of phenols is 1. The van der Waals surface area contributed by atoms with Gasteiger partial charge in [0, 0.05) is 7.05 Å². The normalized spacial score (nSPS) is 9.31. The van der Waals surface area contributed by atoms with Crippen LogP contribution in [-0.4, -0.2) is 11.2 Å². The molecule has 0 unspecified atom stereocenters. The zero-order valence-corrected chi connectivity index (χ0v) is 6.99. The van der Waals surface area contributed by atoms with Crippen LogP contribution in [0, 0.1) is 7.05 Å². The van der Waals surface area contributed by atoms with Crippen molar-refractivity contribution in [3.63, 3.8) is 0 Å². The van der Waals surface area contributed by atoms with E-state index in [0.29, 0.717) is 0 Å². The van der Waals surface area contributed by atoms with Crippen molar-refractivity contribution in [2.24, 2.45) is 0 Å². The van der Waals surface area contributed by atoms with E-state index in [-0.39, 0.29) is 12.4 Å². The zero-order chi connectivity index (χ0) is 9.68. The Hall–Kier alpha value is -1.71. The molecule has 0 saturated carbocycles. The Morgan fingerprint density at radius 3 is 2.62 bits per heavy atom. The van der Waals surface area contributed by atoms with Crippen LogP contribution in [0.5, 0.6) is 5.75 Å². The molecule has 1 rings (SSSR count). The van der Waals surface area contributed by atoms with Gasteiger partial charge < -0.3 is 15.2 Å². The zero-order valence-electron chi connectivity index (χ0n) is 6.99. The van der Waals surface area contributed by atoms with Crippen molar-refractivity contribution in [3.8, 4) is 5.75 Å². The van der Waals surface area contributed by atoms with Crippen LogP contribution in [0.4, 0.5) is 4.79 Å². The molecule has 1 radical (unpaired) electrons. The van der Waals surface area contributed by atoms with Gasteiger partial charge >= 0.3 is 6.09 Å². The highest BCUT2D eigenvalue weighted by atomic mass is 16.5. The minimum absolute atomic E-state index is 0.168. The Labute approximate surface area is 76.1 Å². The van der Waals surface area contributed by atoms with Gasteiger partial charge in [-0.25, -0.2) is 4.79 Å². The number of ether oxygens (including phenoxy) is 1. The molecular weight excluding hydrogens is 170 g/mol. The monoisotopic (exact) mass is 180 g/mol. The number of alkyl carbamates (subject to hydrolysis) is 1. The number of hydrogen-bond acceptors (Lipinski definition) is 3. The van der Waals surface area contributed by atoms with Gasteiger partial charge in [0.15, 0.2) is 0 Å². The lowest BCUT2D eigenvalue weighted by molar-refractivity contribution is 0.143. The van der Waals surface area contributed by atoms with E-state index in [4.69, 9.17) is 9.84 Å². The van der Waals surface area contributed by atoms with E-state index >= 15 is 0 Å². The predicted octanol–water partition coefficient (Wildman–Crippen LogP) is 1.41. The standard InChI is InChI=1S/C9H10NO3/c1-10-9(12)13-6-7-2-4-8(11)5-3-7/h2-5,11H,1,6H2,(H,10,12). The Bertz CT molecular complexity index is 281. The Balaban J connectivity index is 2.46. The number of carbonyl (C=O) groups is 1. The second-order valence-corrected chi connectivity index (χ2v) is 2.42. The van der Waals surface area contributed by atoms with E-state index in [1.54, 1.807) is 12.1 Å². The number of amides is 1. The van der Waals surface area contributed by atoms with Crippen molar-refractivity contribution < 1.29 is 14.6 Å². The van der Waals surface area contributed by atoms with Gasteiger partial charge in [-0.15, -0.1) is 0 Å². The first-order valence-corrected chi connectivity index (χ1v) is 3.70. The second kappa shape index (κ2) is 4.35. The van der Waals surface area contributed by atoms with Crippen LogP contribution in [0.3, 0.4) is 0 Å².